The summed E-state index contributed by atoms with van der Waals surface area (Å²) in [7, 11) is 0. The molecule has 0 aliphatic heterocycles. The predicted molar refractivity (Wildman–Crippen MR) is 106 cm³/mol. The zero-order valence-electron chi connectivity index (χ0n) is 17.8. The van der Waals surface area contributed by atoms with Crippen molar-refractivity contribution in [1.82, 2.24) is 0 Å². The minimum absolute atomic E-state index is 0.0267. The molecule has 2 aromatic carbocycles. The van der Waals surface area contributed by atoms with Crippen LogP contribution in [0.15, 0.2) is 12.1 Å². The topological polar surface area (TPSA) is 52.3 Å². The summed E-state index contributed by atoms with van der Waals surface area (Å²) >= 11 is 0. The van der Waals surface area contributed by atoms with Gasteiger partial charge in [0.2, 0.25) is 0 Å². The SMILES string of the molecule is CCOC(=O)C[C@H](N)c1c(F)c(-c2c(C)cc(C3CC3)c(F)c2C)cc(C(F)(F)F)c1F. The second kappa shape index (κ2) is 8.77. The average molecular weight is 459 g/mol. The molecule has 2 aromatic rings. The van der Waals surface area contributed by atoms with Crippen LogP contribution < -0.4 is 5.73 Å². The first kappa shape index (κ1) is 24.1. The Bertz CT molecular complexity index is 1060. The molecule has 0 saturated heterocycles. The van der Waals surface area contributed by atoms with Gasteiger partial charge in [-0.2, -0.15) is 13.2 Å². The van der Waals surface area contributed by atoms with Gasteiger partial charge in [0.15, 0.2) is 0 Å². The summed E-state index contributed by atoms with van der Waals surface area (Å²) in [6.45, 7) is 4.34. The Labute approximate surface area is 181 Å². The normalized spacial score (nSPS) is 15.1. The van der Waals surface area contributed by atoms with E-state index in [1.165, 1.54) is 26.8 Å². The first-order valence-electron chi connectivity index (χ1n) is 10.2. The number of ether oxygens (including phenoxy) is 1. The summed E-state index contributed by atoms with van der Waals surface area (Å²) in [6, 6.07) is 0.0896. The maximum Gasteiger partial charge on any atom is 0.419 e. The van der Waals surface area contributed by atoms with Gasteiger partial charge in [0.05, 0.1) is 18.6 Å². The first-order chi connectivity index (χ1) is 14.9. The van der Waals surface area contributed by atoms with E-state index in [0.717, 1.165) is 12.8 Å². The minimum atomic E-state index is -5.17. The van der Waals surface area contributed by atoms with Crippen molar-refractivity contribution in [1.29, 1.82) is 0 Å². The van der Waals surface area contributed by atoms with E-state index in [-0.39, 0.29) is 23.7 Å². The third-order valence-electron chi connectivity index (χ3n) is 5.61. The monoisotopic (exact) mass is 459 g/mol. The van der Waals surface area contributed by atoms with Crippen LogP contribution in [0.3, 0.4) is 0 Å². The number of halogens is 6. The van der Waals surface area contributed by atoms with Crippen LogP contribution in [0, 0.1) is 31.3 Å². The van der Waals surface area contributed by atoms with Crippen LogP contribution in [0.1, 0.15) is 66.0 Å². The number of aryl methyl sites for hydroxylation is 1. The van der Waals surface area contributed by atoms with E-state index < -0.39 is 58.8 Å². The van der Waals surface area contributed by atoms with Crippen LogP contribution >= 0.6 is 0 Å². The molecule has 1 saturated carbocycles. The van der Waals surface area contributed by atoms with Gasteiger partial charge in [0, 0.05) is 17.2 Å². The Morgan fingerprint density at radius 1 is 1.12 bits per heavy atom. The van der Waals surface area contributed by atoms with Gasteiger partial charge < -0.3 is 10.5 Å². The number of benzene rings is 2. The molecule has 0 heterocycles. The molecule has 1 atom stereocenters. The lowest BCUT2D eigenvalue weighted by atomic mass is 9.87. The second-order valence-electron chi connectivity index (χ2n) is 8.00. The molecule has 9 heteroatoms. The number of hydrogen-bond acceptors (Lipinski definition) is 3. The highest BCUT2D eigenvalue weighted by Gasteiger charge is 2.39. The van der Waals surface area contributed by atoms with E-state index in [1.54, 1.807) is 0 Å². The molecule has 3 rings (SSSR count). The van der Waals surface area contributed by atoms with Gasteiger partial charge in [-0.1, -0.05) is 6.07 Å². The van der Waals surface area contributed by atoms with E-state index in [9.17, 15) is 26.7 Å². The molecule has 0 amide bonds. The lowest BCUT2D eigenvalue weighted by Crippen LogP contribution is -2.22. The van der Waals surface area contributed by atoms with Crippen molar-refractivity contribution in [2.75, 3.05) is 6.61 Å². The fourth-order valence-corrected chi connectivity index (χ4v) is 3.97. The van der Waals surface area contributed by atoms with Crippen molar-refractivity contribution < 1.29 is 35.9 Å². The Morgan fingerprint density at radius 3 is 2.28 bits per heavy atom. The standard InChI is InChI=1S/C23H23F6NO2/c1-4-32-17(31)9-16(30)19-21(25)14(8-15(22(19)26)23(27,28)29)18-10(2)7-13(12-5-6-12)20(24)11(18)3/h7-8,12,16H,4-6,9,30H2,1-3H3/t16-/m0/s1. The average Bonchev–Trinajstić information content (AvgIpc) is 3.50. The molecule has 0 spiro atoms. The van der Waals surface area contributed by atoms with Gasteiger partial charge in [-0.3, -0.25) is 4.79 Å². The summed E-state index contributed by atoms with van der Waals surface area (Å²) in [5.41, 5.74) is 2.95. The van der Waals surface area contributed by atoms with Crippen LogP contribution in [-0.4, -0.2) is 12.6 Å². The van der Waals surface area contributed by atoms with E-state index in [1.807, 2.05) is 0 Å². The maximum atomic E-state index is 15.5. The van der Waals surface area contributed by atoms with Crippen LogP contribution in [0.2, 0.25) is 0 Å². The molecule has 3 nitrogen and oxygen atoms in total. The highest BCUT2D eigenvalue weighted by molar-refractivity contribution is 5.75. The van der Waals surface area contributed by atoms with E-state index in [0.29, 0.717) is 17.2 Å². The number of rotatable bonds is 6. The summed E-state index contributed by atoms with van der Waals surface area (Å²) in [6.07, 6.45) is -4.30. The molecule has 0 bridgehead atoms. The van der Waals surface area contributed by atoms with Crippen molar-refractivity contribution in [3.05, 3.63) is 57.4 Å². The lowest BCUT2D eigenvalue weighted by Gasteiger charge is -2.22. The summed E-state index contributed by atoms with van der Waals surface area (Å²) in [5.74, 6) is -4.77. The summed E-state index contributed by atoms with van der Waals surface area (Å²) < 4.78 is 90.7. The third kappa shape index (κ3) is 4.48. The summed E-state index contributed by atoms with van der Waals surface area (Å²) in [5, 5.41) is 0. The van der Waals surface area contributed by atoms with E-state index in [4.69, 9.17) is 5.73 Å². The van der Waals surface area contributed by atoms with Crippen LogP contribution in [-0.2, 0) is 15.7 Å². The fraction of sp³-hybridized carbons (Fsp3) is 0.435. The van der Waals surface area contributed by atoms with E-state index >= 15 is 4.39 Å². The Kier molecular flexibility index (Phi) is 6.60. The van der Waals surface area contributed by atoms with Gasteiger partial charge in [0.1, 0.15) is 17.5 Å². The Morgan fingerprint density at radius 2 is 1.75 bits per heavy atom. The third-order valence-corrected chi connectivity index (χ3v) is 5.61. The van der Waals surface area contributed by atoms with Crippen molar-refractivity contribution in [3.63, 3.8) is 0 Å². The molecule has 1 aliphatic rings. The molecule has 0 unspecified atom stereocenters. The highest BCUT2D eigenvalue weighted by atomic mass is 19.4. The van der Waals surface area contributed by atoms with E-state index in [2.05, 4.69) is 4.74 Å². The molecule has 1 aliphatic carbocycles. The van der Waals surface area contributed by atoms with Crippen molar-refractivity contribution >= 4 is 5.97 Å². The molecule has 1 fully saturated rings. The largest absolute Gasteiger partial charge is 0.466 e. The zero-order chi connectivity index (χ0) is 24.0. The predicted octanol–water partition coefficient (Wildman–Crippen LogP) is 6.24. The lowest BCUT2D eigenvalue weighted by molar-refractivity contribution is -0.143. The van der Waals surface area contributed by atoms with Crippen LogP contribution in [0.25, 0.3) is 11.1 Å². The maximum absolute atomic E-state index is 15.5. The number of carbonyl (C=O) groups is 1. The highest BCUT2D eigenvalue weighted by Crippen LogP contribution is 2.46. The number of carbonyl (C=O) groups excluding carboxylic acids is 1. The minimum Gasteiger partial charge on any atom is -0.466 e. The van der Waals surface area contributed by atoms with Gasteiger partial charge >= 0.3 is 12.1 Å². The zero-order valence-corrected chi connectivity index (χ0v) is 17.8. The van der Waals surface area contributed by atoms with Crippen LogP contribution in [0.5, 0.6) is 0 Å². The second-order valence-corrected chi connectivity index (χ2v) is 8.00. The quantitative estimate of drug-likeness (QED) is 0.411. The molecule has 32 heavy (non-hydrogen) atoms. The fourth-order valence-electron chi connectivity index (χ4n) is 3.97. The smallest absolute Gasteiger partial charge is 0.419 e. The Hall–Kier alpha value is -2.55. The van der Waals surface area contributed by atoms with Crippen molar-refractivity contribution in [2.45, 2.75) is 58.2 Å². The van der Waals surface area contributed by atoms with Gasteiger partial charge in [0.25, 0.3) is 0 Å². The molecular weight excluding hydrogens is 436 g/mol. The first-order valence-corrected chi connectivity index (χ1v) is 10.2. The van der Waals surface area contributed by atoms with Gasteiger partial charge in [-0.05, 0) is 67.9 Å². The summed E-state index contributed by atoms with van der Waals surface area (Å²) in [4.78, 5) is 11.7. The number of alkyl halides is 3. The van der Waals surface area contributed by atoms with Gasteiger partial charge in [-0.15, -0.1) is 0 Å². The molecular formula is C23H23F6NO2. The van der Waals surface area contributed by atoms with Crippen molar-refractivity contribution in [2.24, 2.45) is 5.73 Å². The molecule has 0 radical (unpaired) electrons. The Balaban J connectivity index is 2.25. The van der Waals surface area contributed by atoms with Crippen LogP contribution in [0.4, 0.5) is 26.3 Å². The number of nitrogens with two attached hydrogens (primary N) is 1. The molecule has 2 N–H and O–H groups in total. The van der Waals surface area contributed by atoms with Crippen molar-refractivity contribution in [3.8, 4) is 11.1 Å². The molecule has 0 aromatic heterocycles. The molecule has 174 valence electrons. The number of esters is 1. The number of hydrogen-bond donors (Lipinski definition) is 1. The van der Waals surface area contributed by atoms with Gasteiger partial charge in [-0.25, -0.2) is 13.2 Å².